The molecule has 0 radical (unpaired) electrons. The lowest BCUT2D eigenvalue weighted by Gasteiger charge is -2.26. The van der Waals surface area contributed by atoms with Crippen LogP contribution in [0.25, 0.3) is 10.8 Å². The standard InChI is InChI=1S/C29H30N6O5S/c1-29(2,3)22-16-21(26(41-22)40-27(30)38)33-25(37)24(36)19-8-9-20(18-7-5-4-6-17(18)19)32-23-10-11-31-28(34-23)35-12-14-39-15-13-35/h4-11,16H,12-15H2,1-3H3,(H2,30,38)(H,33,37)(H,31,32,34). The molecule has 12 heteroatoms. The minimum absolute atomic E-state index is 0.120. The fourth-order valence-corrected chi connectivity index (χ4v) is 5.40. The third-order valence-electron chi connectivity index (χ3n) is 6.45. The summed E-state index contributed by atoms with van der Waals surface area (Å²) in [6.45, 7) is 8.62. The fourth-order valence-electron chi connectivity index (χ4n) is 4.38. The molecule has 4 aromatic rings. The lowest BCUT2D eigenvalue weighted by molar-refractivity contribution is -0.112. The Balaban J connectivity index is 1.41. The van der Waals surface area contributed by atoms with Crippen LogP contribution in [-0.2, 0) is 14.9 Å². The Morgan fingerprint density at radius 2 is 1.76 bits per heavy atom. The number of rotatable bonds is 7. The Morgan fingerprint density at radius 1 is 1.02 bits per heavy atom. The van der Waals surface area contributed by atoms with Crippen molar-refractivity contribution in [1.82, 2.24) is 9.97 Å². The van der Waals surface area contributed by atoms with E-state index in [1.54, 1.807) is 42.6 Å². The first-order valence-corrected chi connectivity index (χ1v) is 13.8. The molecule has 212 valence electrons. The van der Waals surface area contributed by atoms with Gasteiger partial charge in [0.2, 0.25) is 11.0 Å². The van der Waals surface area contributed by atoms with Gasteiger partial charge in [0, 0.05) is 40.8 Å². The Labute approximate surface area is 240 Å². The van der Waals surface area contributed by atoms with E-state index in [-0.39, 0.29) is 21.7 Å². The van der Waals surface area contributed by atoms with Crippen molar-refractivity contribution in [2.45, 2.75) is 26.2 Å². The normalized spacial score (nSPS) is 13.6. The summed E-state index contributed by atoms with van der Waals surface area (Å²) in [5.74, 6) is -0.404. The Kier molecular flexibility index (Phi) is 7.86. The van der Waals surface area contributed by atoms with Crippen molar-refractivity contribution in [2.75, 3.05) is 41.8 Å². The quantitative estimate of drug-likeness (QED) is 0.208. The summed E-state index contributed by atoms with van der Waals surface area (Å²) < 4.78 is 10.5. The number of anilines is 4. The molecule has 0 bridgehead atoms. The summed E-state index contributed by atoms with van der Waals surface area (Å²) in [7, 11) is 0. The number of ether oxygens (including phenoxy) is 2. The number of thiophene rings is 1. The second kappa shape index (κ2) is 11.5. The summed E-state index contributed by atoms with van der Waals surface area (Å²) in [4.78, 5) is 49.9. The first-order valence-electron chi connectivity index (χ1n) is 13.0. The molecule has 11 nitrogen and oxygen atoms in total. The Hall–Kier alpha value is -4.55. The summed E-state index contributed by atoms with van der Waals surface area (Å²) in [6, 6.07) is 14.1. The number of carbonyl (C=O) groups is 3. The molecule has 1 aliphatic heterocycles. The first-order chi connectivity index (χ1) is 19.6. The topological polar surface area (TPSA) is 149 Å². The van der Waals surface area contributed by atoms with Gasteiger partial charge in [-0.05, 0) is 35.1 Å². The molecule has 3 heterocycles. The third-order valence-corrected chi connectivity index (χ3v) is 7.89. The third kappa shape index (κ3) is 6.28. The van der Waals surface area contributed by atoms with Gasteiger partial charge in [-0.2, -0.15) is 4.98 Å². The number of Topliss-reactive ketones (excluding diaryl/α,β-unsaturated/α-hetero) is 1. The minimum atomic E-state index is -1.01. The molecule has 5 rings (SSSR count). The van der Waals surface area contributed by atoms with Crippen LogP contribution < -0.4 is 26.0 Å². The average Bonchev–Trinajstić information content (AvgIpc) is 3.35. The van der Waals surface area contributed by atoms with E-state index in [0.717, 1.165) is 10.3 Å². The van der Waals surface area contributed by atoms with Crippen LogP contribution in [0.5, 0.6) is 5.06 Å². The highest BCUT2D eigenvalue weighted by molar-refractivity contribution is 7.14. The van der Waals surface area contributed by atoms with Gasteiger partial charge < -0.3 is 30.7 Å². The van der Waals surface area contributed by atoms with E-state index in [2.05, 4.69) is 25.5 Å². The van der Waals surface area contributed by atoms with Crippen molar-refractivity contribution in [3.05, 3.63) is 65.2 Å². The molecule has 41 heavy (non-hydrogen) atoms. The maximum Gasteiger partial charge on any atom is 0.410 e. The number of nitrogens with two attached hydrogens (primary N) is 1. The van der Waals surface area contributed by atoms with E-state index in [1.807, 2.05) is 32.9 Å². The first kappa shape index (κ1) is 28.0. The van der Waals surface area contributed by atoms with E-state index in [9.17, 15) is 14.4 Å². The number of fused-ring (bicyclic) bond motifs is 1. The van der Waals surface area contributed by atoms with Gasteiger partial charge in [-0.15, -0.1) is 11.3 Å². The van der Waals surface area contributed by atoms with E-state index in [0.29, 0.717) is 49.1 Å². The number of primary amides is 1. The molecule has 0 saturated carbocycles. The Bertz CT molecular complexity index is 1620. The number of amides is 2. The zero-order chi connectivity index (χ0) is 29.1. The van der Waals surface area contributed by atoms with Crippen LogP contribution in [0.3, 0.4) is 0 Å². The molecule has 4 N–H and O–H groups in total. The average molecular weight is 575 g/mol. The molecule has 0 unspecified atom stereocenters. The SMILES string of the molecule is CC(C)(C)c1cc(NC(=O)C(=O)c2ccc(Nc3ccnc(N4CCOCC4)n3)c3ccccc23)c(OC(N)=O)s1. The molecule has 2 amide bonds. The molecule has 1 fully saturated rings. The molecular weight excluding hydrogens is 544 g/mol. The van der Waals surface area contributed by atoms with Crippen LogP contribution in [0.4, 0.5) is 27.9 Å². The van der Waals surface area contributed by atoms with Gasteiger partial charge in [0.25, 0.3) is 11.7 Å². The van der Waals surface area contributed by atoms with Crippen molar-refractivity contribution in [3.8, 4) is 5.06 Å². The van der Waals surface area contributed by atoms with E-state index >= 15 is 0 Å². The zero-order valence-electron chi connectivity index (χ0n) is 22.9. The molecule has 1 saturated heterocycles. The number of aromatic nitrogens is 2. The molecule has 0 aliphatic carbocycles. The molecular formula is C29H30N6O5S. The van der Waals surface area contributed by atoms with Crippen LogP contribution in [0.1, 0.15) is 36.0 Å². The van der Waals surface area contributed by atoms with Crippen LogP contribution >= 0.6 is 11.3 Å². The smallest absolute Gasteiger partial charge is 0.397 e. The molecule has 2 aromatic carbocycles. The highest BCUT2D eigenvalue weighted by Crippen LogP contribution is 2.41. The fraction of sp³-hybridized carbons (Fsp3) is 0.276. The number of hydrogen-bond acceptors (Lipinski definition) is 10. The summed E-state index contributed by atoms with van der Waals surface area (Å²) in [6.07, 6.45) is 0.681. The maximum absolute atomic E-state index is 13.4. The number of hydrogen-bond donors (Lipinski definition) is 3. The highest BCUT2D eigenvalue weighted by atomic mass is 32.1. The van der Waals surface area contributed by atoms with E-state index < -0.39 is 17.8 Å². The lowest BCUT2D eigenvalue weighted by Crippen LogP contribution is -2.37. The Morgan fingerprint density at radius 3 is 2.46 bits per heavy atom. The van der Waals surface area contributed by atoms with Crippen LogP contribution in [0.2, 0.25) is 0 Å². The predicted molar refractivity (Wildman–Crippen MR) is 158 cm³/mol. The number of benzene rings is 2. The van der Waals surface area contributed by atoms with Gasteiger partial charge in [0.05, 0.1) is 18.9 Å². The summed E-state index contributed by atoms with van der Waals surface area (Å²) in [5, 5.41) is 7.38. The van der Waals surface area contributed by atoms with Crippen LogP contribution in [0.15, 0.2) is 54.7 Å². The lowest BCUT2D eigenvalue weighted by atomic mass is 9.95. The van der Waals surface area contributed by atoms with Crippen molar-refractivity contribution in [3.63, 3.8) is 0 Å². The number of nitrogens with one attached hydrogen (secondary N) is 2. The van der Waals surface area contributed by atoms with Gasteiger partial charge in [-0.1, -0.05) is 45.0 Å². The molecule has 0 spiro atoms. The second-order valence-corrected chi connectivity index (χ2v) is 11.5. The number of nitrogens with zero attached hydrogens (tertiary/aromatic N) is 3. The van der Waals surface area contributed by atoms with Gasteiger partial charge in [-0.3, -0.25) is 9.59 Å². The number of carbonyl (C=O) groups excluding carboxylic acids is 3. The second-order valence-electron chi connectivity index (χ2n) is 10.4. The van der Waals surface area contributed by atoms with Gasteiger partial charge in [0.1, 0.15) is 5.82 Å². The van der Waals surface area contributed by atoms with Crippen molar-refractivity contribution >= 4 is 63.0 Å². The van der Waals surface area contributed by atoms with Crippen molar-refractivity contribution < 1.29 is 23.9 Å². The van der Waals surface area contributed by atoms with E-state index in [4.69, 9.17) is 15.2 Å². The van der Waals surface area contributed by atoms with Gasteiger partial charge in [0.15, 0.2) is 0 Å². The minimum Gasteiger partial charge on any atom is -0.397 e. The predicted octanol–water partition coefficient (Wildman–Crippen LogP) is 4.85. The van der Waals surface area contributed by atoms with Gasteiger partial charge in [-0.25, -0.2) is 9.78 Å². The highest BCUT2D eigenvalue weighted by Gasteiger charge is 2.26. The monoisotopic (exact) mass is 574 g/mol. The largest absolute Gasteiger partial charge is 0.410 e. The molecule has 1 aliphatic rings. The molecule has 2 aromatic heterocycles. The zero-order valence-corrected chi connectivity index (χ0v) is 23.7. The molecule has 0 atom stereocenters. The van der Waals surface area contributed by atoms with Crippen molar-refractivity contribution in [2.24, 2.45) is 5.73 Å². The van der Waals surface area contributed by atoms with Crippen LogP contribution in [0, 0.1) is 0 Å². The van der Waals surface area contributed by atoms with Crippen LogP contribution in [-0.4, -0.2) is 54.1 Å². The number of ketones is 1. The van der Waals surface area contributed by atoms with Gasteiger partial charge >= 0.3 is 6.09 Å². The van der Waals surface area contributed by atoms with Crippen molar-refractivity contribution in [1.29, 1.82) is 0 Å². The maximum atomic E-state index is 13.4. The number of morpholine rings is 1. The van der Waals surface area contributed by atoms with E-state index in [1.165, 1.54) is 11.3 Å². The summed E-state index contributed by atoms with van der Waals surface area (Å²) in [5.41, 5.74) is 6.09. The summed E-state index contributed by atoms with van der Waals surface area (Å²) >= 11 is 1.18.